The second-order valence-electron chi connectivity index (χ2n) is 5.05. The van der Waals surface area contributed by atoms with Crippen LogP contribution in [-0.4, -0.2) is 31.4 Å². The lowest BCUT2D eigenvalue weighted by Gasteiger charge is -2.34. The first kappa shape index (κ1) is 16.9. The fraction of sp³-hybridized carbons (Fsp3) is 0.667. The Morgan fingerprint density at radius 1 is 1.42 bits per heavy atom. The van der Waals surface area contributed by atoms with Crippen molar-refractivity contribution in [3.63, 3.8) is 0 Å². The van der Waals surface area contributed by atoms with Crippen LogP contribution in [0.2, 0.25) is 0 Å². The quantitative estimate of drug-likeness (QED) is 0.907. The van der Waals surface area contributed by atoms with Crippen LogP contribution in [0.15, 0.2) is 10.3 Å². The molecule has 1 saturated heterocycles. The van der Waals surface area contributed by atoms with Crippen LogP contribution in [-0.2, 0) is 10.0 Å². The Hall–Kier alpha value is -0.140. The molecular weight excluding hydrogens is 304 g/mol. The summed E-state index contributed by atoms with van der Waals surface area (Å²) in [6.07, 6.45) is 1.48. The summed E-state index contributed by atoms with van der Waals surface area (Å²) >= 11 is 1.36. The van der Waals surface area contributed by atoms with Gasteiger partial charge in [-0.3, -0.25) is 0 Å². The van der Waals surface area contributed by atoms with Crippen LogP contribution >= 0.6 is 23.7 Å². The lowest BCUT2D eigenvalue weighted by molar-refractivity contribution is 0.247. The second-order valence-corrected chi connectivity index (χ2v) is 8.43. The minimum atomic E-state index is -3.34. The molecule has 4 nitrogen and oxygen atoms in total. The Bertz CT molecular complexity index is 522. The second kappa shape index (κ2) is 6.10. The van der Waals surface area contributed by atoms with Crippen LogP contribution in [0.5, 0.6) is 0 Å². The normalized spacial score (nSPS) is 25.1. The van der Waals surface area contributed by atoms with Gasteiger partial charge in [0.25, 0.3) is 10.0 Å². The van der Waals surface area contributed by atoms with E-state index >= 15 is 0 Å². The van der Waals surface area contributed by atoms with Crippen molar-refractivity contribution in [3.05, 3.63) is 16.5 Å². The van der Waals surface area contributed by atoms with Gasteiger partial charge in [-0.25, -0.2) is 8.42 Å². The van der Waals surface area contributed by atoms with Crippen LogP contribution in [0.1, 0.15) is 30.2 Å². The number of sulfonamides is 1. The topological polar surface area (TPSA) is 63.4 Å². The SMILES string of the molecule is Cc1cc(S(=O)(=O)N2CCC(N)CC2C)sc1C.Cl. The Morgan fingerprint density at radius 2 is 2.05 bits per heavy atom. The molecule has 0 aromatic carbocycles. The molecule has 1 aliphatic rings. The van der Waals surface area contributed by atoms with Gasteiger partial charge in [0.05, 0.1) is 0 Å². The molecule has 0 saturated carbocycles. The highest BCUT2D eigenvalue weighted by Gasteiger charge is 2.34. The zero-order valence-electron chi connectivity index (χ0n) is 11.4. The van der Waals surface area contributed by atoms with E-state index in [1.807, 2.05) is 20.8 Å². The fourth-order valence-corrected chi connectivity index (χ4v) is 5.63. The van der Waals surface area contributed by atoms with Gasteiger partial charge in [0.15, 0.2) is 0 Å². The summed E-state index contributed by atoms with van der Waals surface area (Å²) in [5.41, 5.74) is 6.92. The molecule has 1 aromatic heterocycles. The van der Waals surface area contributed by atoms with Gasteiger partial charge in [-0.05, 0) is 45.2 Å². The molecule has 0 spiro atoms. The average molecular weight is 325 g/mol. The summed E-state index contributed by atoms with van der Waals surface area (Å²) < 4.78 is 27.2. The van der Waals surface area contributed by atoms with E-state index in [-0.39, 0.29) is 24.5 Å². The number of nitrogens with two attached hydrogens (primary N) is 1. The highest BCUT2D eigenvalue weighted by atomic mass is 35.5. The van der Waals surface area contributed by atoms with E-state index in [1.165, 1.54) is 11.3 Å². The van der Waals surface area contributed by atoms with Gasteiger partial charge in [-0.1, -0.05) is 0 Å². The molecule has 0 radical (unpaired) electrons. The van der Waals surface area contributed by atoms with E-state index in [0.29, 0.717) is 10.8 Å². The summed E-state index contributed by atoms with van der Waals surface area (Å²) in [6, 6.07) is 1.89. The molecule has 110 valence electrons. The first-order valence-corrected chi connectivity index (χ1v) is 8.42. The zero-order chi connectivity index (χ0) is 13.5. The van der Waals surface area contributed by atoms with Crippen LogP contribution < -0.4 is 5.73 Å². The van der Waals surface area contributed by atoms with E-state index in [1.54, 1.807) is 10.4 Å². The molecular formula is C12H21ClN2O2S2. The Kier molecular flexibility index (Phi) is 5.43. The number of halogens is 1. The Morgan fingerprint density at radius 3 is 2.53 bits per heavy atom. The predicted octanol–water partition coefficient (Wildman–Crippen LogP) is 2.29. The van der Waals surface area contributed by atoms with Gasteiger partial charge in [0, 0.05) is 23.5 Å². The van der Waals surface area contributed by atoms with E-state index in [0.717, 1.165) is 23.3 Å². The van der Waals surface area contributed by atoms with E-state index in [9.17, 15) is 8.42 Å². The number of rotatable bonds is 2. The lowest BCUT2D eigenvalue weighted by atomic mass is 10.0. The molecule has 0 aliphatic carbocycles. The summed E-state index contributed by atoms with van der Waals surface area (Å²) in [7, 11) is -3.34. The maximum atomic E-state index is 12.6. The van der Waals surface area contributed by atoms with Crippen LogP contribution in [0.25, 0.3) is 0 Å². The van der Waals surface area contributed by atoms with Crippen LogP contribution in [0, 0.1) is 13.8 Å². The standard InChI is InChI=1S/C12H20N2O2S2.ClH/c1-8-6-12(17-10(8)3)18(15,16)14-5-4-11(13)7-9(14)2;/h6,9,11H,4-5,7,13H2,1-3H3;1H. The van der Waals surface area contributed by atoms with Crippen molar-refractivity contribution < 1.29 is 8.42 Å². The van der Waals surface area contributed by atoms with E-state index < -0.39 is 10.0 Å². The smallest absolute Gasteiger partial charge is 0.252 e. The Balaban J connectivity index is 0.00000180. The number of hydrogen-bond donors (Lipinski definition) is 1. The maximum Gasteiger partial charge on any atom is 0.252 e. The fourth-order valence-electron chi connectivity index (χ4n) is 2.33. The highest BCUT2D eigenvalue weighted by Crippen LogP contribution is 2.31. The summed E-state index contributed by atoms with van der Waals surface area (Å²) in [6.45, 7) is 6.36. The molecule has 19 heavy (non-hydrogen) atoms. The zero-order valence-corrected chi connectivity index (χ0v) is 13.9. The predicted molar refractivity (Wildman–Crippen MR) is 81.6 cm³/mol. The number of thiophene rings is 1. The molecule has 1 aromatic rings. The third-order valence-electron chi connectivity index (χ3n) is 3.56. The van der Waals surface area contributed by atoms with Crippen molar-refractivity contribution in [2.45, 2.75) is 49.9 Å². The van der Waals surface area contributed by atoms with Crippen LogP contribution in [0.4, 0.5) is 0 Å². The molecule has 1 fully saturated rings. The third kappa shape index (κ3) is 3.31. The number of hydrogen-bond acceptors (Lipinski definition) is 4. The first-order valence-electron chi connectivity index (χ1n) is 6.17. The van der Waals surface area contributed by atoms with Gasteiger partial charge < -0.3 is 5.73 Å². The van der Waals surface area contributed by atoms with Crippen molar-refractivity contribution in [2.75, 3.05) is 6.54 Å². The van der Waals surface area contributed by atoms with Crippen molar-refractivity contribution in [3.8, 4) is 0 Å². The van der Waals surface area contributed by atoms with E-state index in [4.69, 9.17) is 5.73 Å². The van der Waals surface area contributed by atoms with Crippen molar-refractivity contribution in [2.24, 2.45) is 5.73 Å². The summed E-state index contributed by atoms with van der Waals surface area (Å²) in [5.74, 6) is 0. The molecule has 2 rings (SSSR count). The van der Waals surface area contributed by atoms with Crippen molar-refractivity contribution in [1.82, 2.24) is 4.31 Å². The molecule has 2 atom stereocenters. The summed E-state index contributed by atoms with van der Waals surface area (Å²) in [4.78, 5) is 1.06. The van der Waals surface area contributed by atoms with E-state index in [2.05, 4.69) is 0 Å². The first-order chi connectivity index (χ1) is 8.32. The molecule has 0 bridgehead atoms. The van der Waals surface area contributed by atoms with Crippen molar-refractivity contribution in [1.29, 1.82) is 0 Å². The lowest BCUT2D eigenvalue weighted by Crippen LogP contribution is -2.48. The molecule has 7 heteroatoms. The number of piperidine rings is 1. The number of nitrogens with zero attached hydrogens (tertiary/aromatic N) is 1. The molecule has 2 unspecified atom stereocenters. The molecule has 2 heterocycles. The third-order valence-corrected chi connectivity index (χ3v) is 7.18. The van der Waals surface area contributed by atoms with Gasteiger partial charge in [-0.2, -0.15) is 4.31 Å². The van der Waals surface area contributed by atoms with Crippen LogP contribution in [0.3, 0.4) is 0 Å². The molecule has 1 aliphatic heterocycles. The maximum absolute atomic E-state index is 12.6. The van der Waals surface area contributed by atoms with Gasteiger partial charge >= 0.3 is 0 Å². The summed E-state index contributed by atoms with van der Waals surface area (Å²) in [5, 5.41) is 0. The molecule has 2 N–H and O–H groups in total. The minimum Gasteiger partial charge on any atom is -0.328 e. The minimum absolute atomic E-state index is 0. The Labute approximate surface area is 125 Å². The molecule has 0 amide bonds. The monoisotopic (exact) mass is 324 g/mol. The van der Waals surface area contributed by atoms with Gasteiger partial charge in [0.1, 0.15) is 4.21 Å². The van der Waals surface area contributed by atoms with Crippen molar-refractivity contribution >= 4 is 33.8 Å². The van der Waals surface area contributed by atoms with Gasteiger partial charge in [0.2, 0.25) is 0 Å². The number of aryl methyl sites for hydroxylation is 2. The van der Waals surface area contributed by atoms with Gasteiger partial charge in [-0.15, -0.1) is 23.7 Å². The largest absolute Gasteiger partial charge is 0.328 e. The highest BCUT2D eigenvalue weighted by molar-refractivity contribution is 7.91. The average Bonchev–Trinajstić information content (AvgIpc) is 2.59.